The first kappa shape index (κ1) is 14.6. The Morgan fingerprint density at radius 2 is 2.25 bits per heavy atom. The minimum absolute atomic E-state index is 0.00792. The molecule has 0 fully saturated rings. The highest BCUT2D eigenvalue weighted by Gasteiger charge is 2.31. The molecule has 0 heterocycles. The number of ether oxygens (including phenoxy) is 1. The molecule has 1 amide bonds. The first-order valence-corrected chi connectivity index (χ1v) is 6.96. The van der Waals surface area contributed by atoms with Crippen molar-refractivity contribution in [2.75, 3.05) is 13.3 Å². The first-order valence-electron chi connectivity index (χ1n) is 6.96. The van der Waals surface area contributed by atoms with Crippen molar-refractivity contribution in [3.05, 3.63) is 47.5 Å². The van der Waals surface area contributed by atoms with Crippen LogP contribution in [0.25, 0.3) is 0 Å². The van der Waals surface area contributed by atoms with Gasteiger partial charge in [0.05, 0.1) is 6.04 Å². The summed E-state index contributed by atoms with van der Waals surface area (Å²) in [4.78, 5) is 13.8. The van der Waals surface area contributed by atoms with Crippen molar-refractivity contribution in [2.45, 2.75) is 32.2 Å². The predicted octanol–water partition coefficient (Wildman–Crippen LogP) is 3.03. The highest BCUT2D eigenvalue weighted by Crippen LogP contribution is 2.36. The smallest absolute Gasteiger partial charge is 0.412 e. The summed E-state index contributed by atoms with van der Waals surface area (Å²) in [5.41, 5.74) is 3.43. The van der Waals surface area contributed by atoms with Gasteiger partial charge in [0.25, 0.3) is 0 Å². The molecule has 0 saturated carbocycles. The lowest BCUT2D eigenvalue weighted by molar-refractivity contribution is 0.0162. The number of aliphatic hydroxyl groups is 1. The largest absolute Gasteiger partial charge is 0.422 e. The average Bonchev–Trinajstić information content (AvgIpc) is 2.88. The minimum atomic E-state index is -0.595. The van der Waals surface area contributed by atoms with Crippen LogP contribution in [0, 0.1) is 0 Å². The molecule has 1 atom stereocenters. The van der Waals surface area contributed by atoms with Gasteiger partial charge in [-0.2, -0.15) is 0 Å². The number of nitrogens with zero attached hydrogens (tertiary/aromatic N) is 1. The fourth-order valence-corrected chi connectivity index (χ4v) is 2.65. The zero-order chi connectivity index (χ0) is 14.5. The number of amides is 1. The van der Waals surface area contributed by atoms with E-state index in [2.05, 4.69) is 18.7 Å². The van der Waals surface area contributed by atoms with Crippen LogP contribution < -0.4 is 0 Å². The van der Waals surface area contributed by atoms with E-state index in [-0.39, 0.29) is 6.04 Å². The number of carbonyl (C=O) groups is 1. The predicted molar refractivity (Wildman–Crippen MR) is 77.2 cm³/mol. The molecule has 1 aliphatic carbocycles. The molecular weight excluding hydrogens is 254 g/mol. The summed E-state index contributed by atoms with van der Waals surface area (Å²) in [6, 6.07) is 8.17. The number of aryl methyl sites for hydroxylation is 1. The number of benzene rings is 1. The average molecular weight is 275 g/mol. The van der Waals surface area contributed by atoms with E-state index in [9.17, 15) is 4.79 Å². The van der Waals surface area contributed by atoms with Crippen LogP contribution in [0.15, 0.2) is 36.4 Å². The number of rotatable bonds is 5. The maximum atomic E-state index is 12.1. The molecule has 0 unspecified atom stereocenters. The second kappa shape index (κ2) is 6.57. The van der Waals surface area contributed by atoms with Crippen LogP contribution in [0.2, 0.25) is 0 Å². The quantitative estimate of drug-likeness (QED) is 0.664. The third-order valence-electron chi connectivity index (χ3n) is 3.79. The first-order chi connectivity index (χ1) is 9.67. The summed E-state index contributed by atoms with van der Waals surface area (Å²) >= 11 is 0. The van der Waals surface area contributed by atoms with E-state index in [1.807, 2.05) is 19.1 Å². The molecule has 20 heavy (non-hydrogen) atoms. The van der Waals surface area contributed by atoms with E-state index >= 15 is 0 Å². The van der Waals surface area contributed by atoms with Crippen LogP contribution in [-0.2, 0) is 11.2 Å². The Labute approximate surface area is 119 Å². The number of carbonyl (C=O) groups excluding carboxylic acids is 1. The molecule has 0 radical (unpaired) electrons. The lowest BCUT2D eigenvalue weighted by Gasteiger charge is -2.29. The lowest BCUT2D eigenvalue weighted by atomic mass is 10.1. The summed E-state index contributed by atoms with van der Waals surface area (Å²) in [5, 5.41) is 8.82. The molecule has 108 valence electrons. The Kier molecular flexibility index (Phi) is 4.79. The van der Waals surface area contributed by atoms with Gasteiger partial charge in [-0.1, -0.05) is 43.3 Å². The molecule has 4 nitrogen and oxygen atoms in total. The zero-order valence-corrected chi connectivity index (χ0v) is 11.8. The van der Waals surface area contributed by atoms with Crippen LogP contribution in [0.5, 0.6) is 0 Å². The fourth-order valence-electron chi connectivity index (χ4n) is 2.65. The Hall–Kier alpha value is -1.81. The van der Waals surface area contributed by atoms with Crippen molar-refractivity contribution < 1.29 is 14.6 Å². The van der Waals surface area contributed by atoms with Gasteiger partial charge < -0.3 is 9.84 Å². The number of hydrogen-bond acceptors (Lipinski definition) is 3. The van der Waals surface area contributed by atoms with Gasteiger partial charge in [0.15, 0.2) is 6.79 Å². The van der Waals surface area contributed by atoms with E-state index in [0.29, 0.717) is 6.54 Å². The van der Waals surface area contributed by atoms with Gasteiger partial charge in [0.2, 0.25) is 0 Å². The van der Waals surface area contributed by atoms with E-state index in [4.69, 9.17) is 9.84 Å². The van der Waals surface area contributed by atoms with E-state index in [0.717, 1.165) is 24.8 Å². The van der Waals surface area contributed by atoms with Crippen LogP contribution in [0.3, 0.4) is 0 Å². The normalized spacial score (nSPS) is 16.6. The highest BCUT2D eigenvalue weighted by molar-refractivity contribution is 5.69. The van der Waals surface area contributed by atoms with E-state index < -0.39 is 12.9 Å². The maximum absolute atomic E-state index is 12.1. The molecule has 1 aliphatic rings. The molecule has 1 N–H and O–H groups in total. The Bertz CT molecular complexity index is 498. The van der Waals surface area contributed by atoms with E-state index in [1.54, 1.807) is 4.90 Å². The van der Waals surface area contributed by atoms with Gasteiger partial charge in [0, 0.05) is 6.54 Å². The van der Waals surface area contributed by atoms with Crippen molar-refractivity contribution >= 4 is 6.09 Å². The standard InChI is InChI=1S/C16H21NO3/c1-3-12(2)10-17(16(19)20-11-18)15-9-8-13-6-4-5-7-14(13)15/h4-7,15,18H,2-3,8-11H2,1H3/t15-/m1/s1. The molecule has 4 heteroatoms. The van der Waals surface area contributed by atoms with Crippen LogP contribution in [0.4, 0.5) is 4.79 Å². The third-order valence-corrected chi connectivity index (χ3v) is 3.79. The molecule has 1 aromatic carbocycles. The van der Waals surface area contributed by atoms with E-state index in [1.165, 1.54) is 11.1 Å². The molecular formula is C16H21NO3. The molecule has 0 spiro atoms. The lowest BCUT2D eigenvalue weighted by Crippen LogP contribution is -2.36. The third kappa shape index (κ3) is 3.02. The monoisotopic (exact) mass is 275 g/mol. The topological polar surface area (TPSA) is 49.8 Å². The van der Waals surface area contributed by atoms with Crippen molar-refractivity contribution in [1.82, 2.24) is 4.90 Å². The van der Waals surface area contributed by atoms with Crippen molar-refractivity contribution in [1.29, 1.82) is 0 Å². The zero-order valence-electron chi connectivity index (χ0n) is 11.8. The van der Waals surface area contributed by atoms with Crippen LogP contribution in [-0.4, -0.2) is 29.4 Å². The van der Waals surface area contributed by atoms with Gasteiger partial charge in [-0.25, -0.2) is 4.79 Å². The molecule has 2 rings (SSSR count). The highest BCUT2D eigenvalue weighted by atomic mass is 16.6. The molecule has 1 aromatic rings. The number of hydrogen-bond donors (Lipinski definition) is 1. The summed E-state index contributed by atoms with van der Waals surface area (Å²) in [5.74, 6) is 0. The van der Waals surface area contributed by atoms with Crippen molar-refractivity contribution in [2.24, 2.45) is 0 Å². The van der Waals surface area contributed by atoms with Crippen LogP contribution >= 0.6 is 0 Å². The molecule has 0 bridgehead atoms. The Morgan fingerprint density at radius 1 is 1.50 bits per heavy atom. The Morgan fingerprint density at radius 3 is 2.95 bits per heavy atom. The Balaban J connectivity index is 2.23. The number of aliphatic hydroxyl groups excluding tert-OH is 1. The summed E-state index contributed by atoms with van der Waals surface area (Å²) in [6.07, 6.45) is 2.18. The van der Waals surface area contributed by atoms with Gasteiger partial charge >= 0.3 is 6.09 Å². The van der Waals surface area contributed by atoms with Gasteiger partial charge in [-0.05, 0) is 30.4 Å². The summed E-state index contributed by atoms with van der Waals surface area (Å²) in [7, 11) is 0. The maximum Gasteiger partial charge on any atom is 0.412 e. The fraction of sp³-hybridized carbons (Fsp3) is 0.438. The van der Waals surface area contributed by atoms with Gasteiger partial charge in [-0.15, -0.1) is 0 Å². The molecule has 0 aliphatic heterocycles. The van der Waals surface area contributed by atoms with Crippen LogP contribution in [0.1, 0.15) is 36.9 Å². The van der Waals surface area contributed by atoms with Gasteiger partial charge in [0.1, 0.15) is 0 Å². The minimum Gasteiger partial charge on any atom is -0.422 e. The number of fused-ring (bicyclic) bond motifs is 1. The van der Waals surface area contributed by atoms with Crippen molar-refractivity contribution in [3.63, 3.8) is 0 Å². The summed E-state index contributed by atoms with van der Waals surface area (Å²) in [6.45, 7) is 5.86. The molecule has 0 aromatic heterocycles. The summed E-state index contributed by atoms with van der Waals surface area (Å²) < 4.78 is 4.78. The second-order valence-electron chi connectivity index (χ2n) is 5.02. The second-order valence-corrected chi connectivity index (χ2v) is 5.02. The van der Waals surface area contributed by atoms with Gasteiger partial charge in [-0.3, -0.25) is 4.90 Å². The van der Waals surface area contributed by atoms with Crippen molar-refractivity contribution in [3.8, 4) is 0 Å². The molecule has 0 saturated heterocycles. The SMILES string of the molecule is C=C(CC)CN(C(=O)OCO)[C@@H]1CCc2ccccc21.